The SMILES string of the molecule is CCOC(=O)NCC1CCC(N=C(NC(=O)c2ccc(C(F)(F)F)cc2)NC2CCCC2)CC1. The third-order valence-corrected chi connectivity index (χ3v) is 6.34. The molecule has 2 aliphatic rings. The number of ether oxygens (including phenoxy) is 1. The summed E-state index contributed by atoms with van der Waals surface area (Å²) in [4.78, 5) is 29.0. The monoisotopic (exact) mass is 482 g/mol. The van der Waals surface area contributed by atoms with Crippen molar-refractivity contribution in [2.45, 2.75) is 76.6 Å². The Balaban J connectivity index is 1.59. The van der Waals surface area contributed by atoms with E-state index in [0.717, 1.165) is 63.5 Å². The van der Waals surface area contributed by atoms with Crippen LogP contribution in [0.5, 0.6) is 0 Å². The van der Waals surface area contributed by atoms with Crippen LogP contribution in [-0.4, -0.2) is 43.2 Å². The van der Waals surface area contributed by atoms with E-state index >= 15 is 0 Å². The van der Waals surface area contributed by atoms with Gasteiger partial charge in [0.2, 0.25) is 0 Å². The number of carbonyl (C=O) groups excluding carboxylic acids is 2. The van der Waals surface area contributed by atoms with Gasteiger partial charge in [0.15, 0.2) is 5.96 Å². The van der Waals surface area contributed by atoms with Crippen LogP contribution in [-0.2, 0) is 10.9 Å². The van der Waals surface area contributed by atoms with E-state index in [0.29, 0.717) is 25.0 Å². The Kier molecular flexibility index (Phi) is 9.18. The van der Waals surface area contributed by atoms with E-state index < -0.39 is 23.7 Å². The second kappa shape index (κ2) is 12.1. The van der Waals surface area contributed by atoms with Crippen LogP contribution in [0.4, 0.5) is 18.0 Å². The molecule has 0 unspecified atom stereocenters. The number of carbonyl (C=O) groups is 2. The van der Waals surface area contributed by atoms with Crippen molar-refractivity contribution in [3.63, 3.8) is 0 Å². The number of rotatable bonds is 6. The Labute approximate surface area is 197 Å². The van der Waals surface area contributed by atoms with E-state index in [-0.39, 0.29) is 17.6 Å². The summed E-state index contributed by atoms with van der Waals surface area (Å²) < 4.78 is 43.3. The first-order valence-electron chi connectivity index (χ1n) is 12.0. The molecule has 1 aromatic carbocycles. The highest BCUT2D eigenvalue weighted by atomic mass is 19.4. The van der Waals surface area contributed by atoms with Gasteiger partial charge in [0.1, 0.15) is 0 Å². The quantitative estimate of drug-likeness (QED) is 0.407. The van der Waals surface area contributed by atoms with Gasteiger partial charge in [-0.05, 0) is 75.6 Å². The minimum Gasteiger partial charge on any atom is -0.450 e. The molecule has 2 amide bonds. The second-order valence-electron chi connectivity index (χ2n) is 8.91. The zero-order valence-corrected chi connectivity index (χ0v) is 19.4. The Morgan fingerprint density at radius 2 is 1.68 bits per heavy atom. The van der Waals surface area contributed by atoms with Gasteiger partial charge in [-0.15, -0.1) is 0 Å². The summed E-state index contributed by atoms with van der Waals surface area (Å²) in [5.74, 6) is 0.235. The number of alkyl carbamates (subject to hydrolysis) is 1. The molecule has 0 saturated heterocycles. The highest BCUT2D eigenvalue weighted by Gasteiger charge is 2.30. The van der Waals surface area contributed by atoms with E-state index in [4.69, 9.17) is 9.73 Å². The summed E-state index contributed by atoms with van der Waals surface area (Å²) in [7, 11) is 0. The topological polar surface area (TPSA) is 91.8 Å². The minimum atomic E-state index is -4.45. The molecule has 3 rings (SSSR count). The fourth-order valence-electron chi connectivity index (χ4n) is 4.43. The second-order valence-corrected chi connectivity index (χ2v) is 8.91. The lowest BCUT2D eigenvalue weighted by Gasteiger charge is -2.27. The van der Waals surface area contributed by atoms with E-state index in [2.05, 4.69) is 16.0 Å². The number of aliphatic imine (C=N–C) groups is 1. The molecule has 2 fully saturated rings. The molecule has 0 aliphatic heterocycles. The first kappa shape index (κ1) is 25.8. The van der Waals surface area contributed by atoms with Crippen LogP contribution in [0.25, 0.3) is 0 Å². The van der Waals surface area contributed by atoms with Crippen LogP contribution in [0.2, 0.25) is 0 Å². The molecule has 1 aromatic rings. The normalized spacial score (nSPS) is 21.7. The number of hydrogen-bond donors (Lipinski definition) is 3. The van der Waals surface area contributed by atoms with Gasteiger partial charge in [0.05, 0.1) is 18.2 Å². The maximum absolute atomic E-state index is 12.8. The smallest absolute Gasteiger partial charge is 0.416 e. The van der Waals surface area contributed by atoms with Crippen LogP contribution in [0.3, 0.4) is 0 Å². The average Bonchev–Trinajstić information content (AvgIpc) is 3.31. The first-order chi connectivity index (χ1) is 16.2. The van der Waals surface area contributed by atoms with E-state index in [9.17, 15) is 22.8 Å². The highest BCUT2D eigenvalue weighted by Crippen LogP contribution is 2.29. The molecule has 0 heterocycles. The van der Waals surface area contributed by atoms with Crippen molar-refractivity contribution in [1.82, 2.24) is 16.0 Å². The number of nitrogens with zero attached hydrogens (tertiary/aromatic N) is 1. The molecule has 34 heavy (non-hydrogen) atoms. The van der Waals surface area contributed by atoms with Gasteiger partial charge < -0.3 is 15.4 Å². The van der Waals surface area contributed by atoms with Crippen molar-refractivity contribution in [2.75, 3.05) is 13.2 Å². The molecule has 2 saturated carbocycles. The van der Waals surface area contributed by atoms with Gasteiger partial charge in [-0.1, -0.05) is 12.8 Å². The fourth-order valence-corrected chi connectivity index (χ4v) is 4.43. The molecule has 188 valence electrons. The Morgan fingerprint density at radius 3 is 2.26 bits per heavy atom. The molecular formula is C24H33F3N4O3. The van der Waals surface area contributed by atoms with Crippen LogP contribution in [0.1, 0.15) is 74.2 Å². The van der Waals surface area contributed by atoms with Gasteiger partial charge in [0, 0.05) is 18.2 Å². The van der Waals surface area contributed by atoms with Gasteiger partial charge in [-0.3, -0.25) is 10.1 Å². The number of alkyl halides is 3. The number of guanidine groups is 1. The predicted octanol–water partition coefficient (Wildman–Crippen LogP) is 4.63. The summed E-state index contributed by atoms with van der Waals surface area (Å²) in [6, 6.07) is 4.40. The van der Waals surface area contributed by atoms with Crippen molar-refractivity contribution in [2.24, 2.45) is 10.9 Å². The maximum atomic E-state index is 12.8. The van der Waals surface area contributed by atoms with Gasteiger partial charge in [-0.25, -0.2) is 9.79 Å². The molecule has 0 bridgehead atoms. The van der Waals surface area contributed by atoms with E-state index in [1.165, 1.54) is 12.1 Å². The standard InChI is InChI=1S/C24H33F3N4O3/c1-2-34-23(33)28-15-16-7-13-20(14-8-16)30-22(29-19-5-3-4-6-19)31-21(32)17-9-11-18(12-10-17)24(25,26)27/h9-12,16,19-20H,2-8,13-15H2,1H3,(H,28,33)(H2,29,30,31,32). The minimum absolute atomic E-state index is 0.0238. The molecule has 0 radical (unpaired) electrons. The van der Waals surface area contributed by atoms with Crippen molar-refractivity contribution < 1.29 is 27.5 Å². The molecule has 0 aromatic heterocycles. The summed E-state index contributed by atoms with van der Waals surface area (Å²) in [6.45, 7) is 2.66. The zero-order chi connectivity index (χ0) is 24.6. The third-order valence-electron chi connectivity index (χ3n) is 6.34. The van der Waals surface area contributed by atoms with Crippen molar-refractivity contribution in [3.05, 3.63) is 35.4 Å². The van der Waals surface area contributed by atoms with Gasteiger partial charge in [0.25, 0.3) is 5.91 Å². The lowest BCUT2D eigenvalue weighted by Crippen LogP contribution is -2.46. The Bertz CT molecular complexity index is 844. The molecular weight excluding hydrogens is 449 g/mol. The fraction of sp³-hybridized carbons (Fsp3) is 0.625. The third kappa shape index (κ3) is 7.92. The van der Waals surface area contributed by atoms with Crippen molar-refractivity contribution in [3.8, 4) is 0 Å². The van der Waals surface area contributed by atoms with Crippen molar-refractivity contribution >= 4 is 18.0 Å². The van der Waals surface area contributed by atoms with Crippen LogP contribution in [0, 0.1) is 5.92 Å². The van der Waals surface area contributed by atoms with Crippen LogP contribution < -0.4 is 16.0 Å². The average molecular weight is 483 g/mol. The molecule has 7 nitrogen and oxygen atoms in total. The molecule has 10 heteroatoms. The summed E-state index contributed by atoms with van der Waals surface area (Å²) in [5, 5.41) is 8.88. The molecule has 0 spiro atoms. The lowest BCUT2D eigenvalue weighted by atomic mass is 9.86. The number of hydrogen-bond acceptors (Lipinski definition) is 4. The maximum Gasteiger partial charge on any atom is 0.416 e. The van der Waals surface area contributed by atoms with Crippen molar-refractivity contribution in [1.29, 1.82) is 0 Å². The van der Waals surface area contributed by atoms with E-state index in [1.807, 2.05) is 0 Å². The van der Waals surface area contributed by atoms with Gasteiger partial charge in [-0.2, -0.15) is 13.2 Å². The zero-order valence-electron chi connectivity index (χ0n) is 19.4. The molecule has 2 aliphatic carbocycles. The predicted molar refractivity (Wildman–Crippen MR) is 123 cm³/mol. The first-order valence-corrected chi connectivity index (χ1v) is 12.0. The highest BCUT2D eigenvalue weighted by molar-refractivity contribution is 6.05. The number of amides is 2. The summed E-state index contributed by atoms with van der Waals surface area (Å²) in [5.41, 5.74) is -0.654. The Morgan fingerprint density at radius 1 is 1.03 bits per heavy atom. The summed E-state index contributed by atoms with van der Waals surface area (Å²) in [6.07, 6.45) is 2.76. The number of nitrogens with one attached hydrogen (secondary N) is 3. The molecule has 3 N–H and O–H groups in total. The largest absolute Gasteiger partial charge is 0.450 e. The lowest BCUT2D eigenvalue weighted by molar-refractivity contribution is -0.137. The Hall–Kier alpha value is -2.78. The van der Waals surface area contributed by atoms with Crippen LogP contribution in [0.15, 0.2) is 29.3 Å². The summed E-state index contributed by atoms with van der Waals surface area (Å²) >= 11 is 0. The number of benzene rings is 1. The molecule has 0 atom stereocenters. The van der Waals surface area contributed by atoms with Crippen LogP contribution >= 0.6 is 0 Å². The van der Waals surface area contributed by atoms with Gasteiger partial charge >= 0.3 is 12.3 Å². The number of halogens is 3. The van der Waals surface area contributed by atoms with E-state index in [1.54, 1.807) is 6.92 Å².